The summed E-state index contributed by atoms with van der Waals surface area (Å²) in [4.78, 5) is 9.41. The summed E-state index contributed by atoms with van der Waals surface area (Å²) in [5.74, 6) is 1.71. The van der Waals surface area contributed by atoms with E-state index in [1.165, 1.54) is 45.6 Å². The molecule has 22 heavy (non-hydrogen) atoms. The summed E-state index contributed by atoms with van der Waals surface area (Å²) in [5.41, 5.74) is 0. The Balaban J connectivity index is 2.19. The minimum Gasteiger partial charge on any atom is -0.356 e. The van der Waals surface area contributed by atoms with Crippen molar-refractivity contribution in [1.82, 2.24) is 20.4 Å². The second kappa shape index (κ2) is 10.8. The first-order valence-corrected chi connectivity index (χ1v) is 8.97. The van der Waals surface area contributed by atoms with Gasteiger partial charge >= 0.3 is 0 Å². The number of hydrogen-bond donors (Lipinski definition) is 2. The lowest BCUT2D eigenvalue weighted by Gasteiger charge is -2.37. The zero-order chi connectivity index (χ0) is 16.4. The van der Waals surface area contributed by atoms with Crippen LogP contribution in [0.1, 0.15) is 40.5 Å². The van der Waals surface area contributed by atoms with Gasteiger partial charge in [-0.15, -0.1) is 0 Å². The third-order valence-electron chi connectivity index (χ3n) is 4.52. The van der Waals surface area contributed by atoms with Crippen LogP contribution in [-0.2, 0) is 0 Å². The minimum atomic E-state index is 0.549. The molecule has 0 bridgehead atoms. The standard InChI is InChI=1S/C17H37N5/c1-6-21-10-12-22(13-11-21)16(4)14-20-17(18-5)19-9-7-8-15(2)3/h15-16H,6-14H2,1-5H3,(H2,18,19,20). The zero-order valence-corrected chi connectivity index (χ0v) is 15.4. The van der Waals surface area contributed by atoms with E-state index < -0.39 is 0 Å². The molecular formula is C17H37N5. The van der Waals surface area contributed by atoms with Crippen LogP contribution < -0.4 is 10.6 Å². The van der Waals surface area contributed by atoms with Crippen LogP contribution in [0, 0.1) is 5.92 Å². The Kier molecular flexibility index (Phi) is 9.48. The fraction of sp³-hybridized carbons (Fsp3) is 0.941. The molecule has 1 rings (SSSR count). The molecule has 0 amide bonds. The van der Waals surface area contributed by atoms with Crippen LogP contribution in [0.5, 0.6) is 0 Å². The fourth-order valence-corrected chi connectivity index (χ4v) is 2.83. The van der Waals surface area contributed by atoms with Crippen molar-refractivity contribution in [2.75, 3.05) is 52.9 Å². The second-order valence-corrected chi connectivity index (χ2v) is 6.74. The predicted octanol–water partition coefficient (Wildman–Crippen LogP) is 1.61. The van der Waals surface area contributed by atoms with Gasteiger partial charge in [0, 0.05) is 52.4 Å². The summed E-state index contributed by atoms with van der Waals surface area (Å²) in [6.45, 7) is 17.0. The van der Waals surface area contributed by atoms with Gasteiger partial charge in [0.15, 0.2) is 5.96 Å². The summed E-state index contributed by atoms with van der Waals surface area (Å²) in [7, 11) is 1.85. The quantitative estimate of drug-likeness (QED) is 0.406. The molecule has 1 fully saturated rings. The molecule has 1 unspecified atom stereocenters. The maximum atomic E-state index is 4.31. The molecule has 0 radical (unpaired) electrons. The van der Waals surface area contributed by atoms with E-state index in [0.29, 0.717) is 6.04 Å². The van der Waals surface area contributed by atoms with Crippen molar-refractivity contribution in [2.45, 2.75) is 46.6 Å². The monoisotopic (exact) mass is 311 g/mol. The van der Waals surface area contributed by atoms with Crippen molar-refractivity contribution >= 4 is 5.96 Å². The number of rotatable bonds is 8. The molecule has 1 saturated heterocycles. The molecule has 1 atom stereocenters. The summed E-state index contributed by atoms with van der Waals surface area (Å²) in [6, 6.07) is 0.549. The highest BCUT2D eigenvalue weighted by Gasteiger charge is 2.20. The lowest BCUT2D eigenvalue weighted by Crippen LogP contribution is -2.53. The van der Waals surface area contributed by atoms with Crippen molar-refractivity contribution in [3.8, 4) is 0 Å². The van der Waals surface area contributed by atoms with Crippen molar-refractivity contribution in [3.05, 3.63) is 0 Å². The molecule has 5 heteroatoms. The molecule has 1 heterocycles. The van der Waals surface area contributed by atoms with Crippen LogP contribution in [0.25, 0.3) is 0 Å². The van der Waals surface area contributed by atoms with Gasteiger partial charge < -0.3 is 15.5 Å². The van der Waals surface area contributed by atoms with Gasteiger partial charge in [-0.1, -0.05) is 20.8 Å². The average molecular weight is 312 g/mol. The van der Waals surface area contributed by atoms with Crippen LogP contribution in [0.4, 0.5) is 0 Å². The molecular weight excluding hydrogens is 274 g/mol. The van der Waals surface area contributed by atoms with Gasteiger partial charge in [0.1, 0.15) is 0 Å². The van der Waals surface area contributed by atoms with Crippen LogP contribution in [0.15, 0.2) is 4.99 Å². The first-order chi connectivity index (χ1) is 10.6. The number of piperazine rings is 1. The highest BCUT2D eigenvalue weighted by Crippen LogP contribution is 2.05. The highest BCUT2D eigenvalue weighted by atomic mass is 15.3. The SMILES string of the molecule is CCN1CCN(C(C)CNC(=NC)NCCCC(C)C)CC1. The van der Waals surface area contributed by atoms with Gasteiger partial charge in [-0.2, -0.15) is 0 Å². The van der Waals surface area contributed by atoms with Gasteiger partial charge in [0.2, 0.25) is 0 Å². The molecule has 0 spiro atoms. The molecule has 1 aliphatic heterocycles. The van der Waals surface area contributed by atoms with Crippen molar-refractivity contribution in [2.24, 2.45) is 10.9 Å². The second-order valence-electron chi connectivity index (χ2n) is 6.74. The van der Waals surface area contributed by atoms with Gasteiger partial charge in [-0.25, -0.2) is 0 Å². The van der Waals surface area contributed by atoms with Crippen molar-refractivity contribution in [1.29, 1.82) is 0 Å². The average Bonchev–Trinajstić information content (AvgIpc) is 2.53. The van der Waals surface area contributed by atoms with Crippen LogP contribution in [0.2, 0.25) is 0 Å². The Labute approximate surface area is 137 Å². The maximum Gasteiger partial charge on any atom is 0.191 e. The van der Waals surface area contributed by atoms with Gasteiger partial charge in [-0.3, -0.25) is 9.89 Å². The van der Waals surface area contributed by atoms with E-state index in [1.807, 2.05) is 7.05 Å². The summed E-state index contributed by atoms with van der Waals surface area (Å²) >= 11 is 0. The zero-order valence-electron chi connectivity index (χ0n) is 15.4. The number of nitrogens with zero attached hydrogens (tertiary/aromatic N) is 3. The van der Waals surface area contributed by atoms with E-state index >= 15 is 0 Å². The normalized spacial score (nSPS) is 19.5. The van der Waals surface area contributed by atoms with Crippen molar-refractivity contribution < 1.29 is 0 Å². The molecule has 5 nitrogen and oxygen atoms in total. The number of aliphatic imine (C=N–C) groups is 1. The maximum absolute atomic E-state index is 4.31. The van der Waals surface area contributed by atoms with E-state index in [1.54, 1.807) is 0 Å². The Hall–Kier alpha value is -0.810. The molecule has 0 aromatic carbocycles. The van der Waals surface area contributed by atoms with Crippen LogP contribution in [0.3, 0.4) is 0 Å². The Morgan fingerprint density at radius 3 is 2.32 bits per heavy atom. The molecule has 2 N–H and O–H groups in total. The summed E-state index contributed by atoms with van der Waals surface area (Å²) in [5, 5.41) is 6.87. The lowest BCUT2D eigenvalue weighted by molar-refractivity contribution is 0.107. The minimum absolute atomic E-state index is 0.549. The van der Waals surface area contributed by atoms with E-state index in [2.05, 4.69) is 53.1 Å². The Bertz CT molecular complexity index is 308. The van der Waals surface area contributed by atoms with Gasteiger partial charge in [0.25, 0.3) is 0 Å². The van der Waals surface area contributed by atoms with E-state index in [4.69, 9.17) is 0 Å². The lowest BCUT2D eigenvalue weighted by atomic mass is 10.1. The molecule has 0 aliphatic carbocycles. The fourth-order valence-electron chi connectivity index (χ4n) is 2.83. The molecule has 0 aromatic heterocycles. The van der Waals surface area contributed by atoms with Gasteiger partial charge in [0.05, 0.1) is 0 Å². The smallest absolute Gasteiger partial charge is 0.191 e. The van der Waals surface area contributed by atoms with E-state index in [0.717, 1.165) is 25.0 Å². The summed E-state index contributed by atoms with van der Waals surface area (Å²) in [6.07, 6.45) is 2.47. The van der Waals surface area contributed by atoms with E-state index in [9.17, 15) is 0 Å². The number of nitrogens with one attached hydrogen (secondary N) is 2. The Morgan fingerprint density at radius 1 is 1.09 bits per heavy atom. The molecule has 0 aromatic rings. The van der Waals surface area contributed by atoms with Crippen LogP contribution in [-0.4, -0.2) is 74.7 Å². The van der Waals surface area contributed by atoms with E-state index in [-0.39, 0.29) is 0 Å². The third-order valence-corrected chi connectivity index (χ3v) is 4.52. The topological polar surface area (TPSA) is 42.9 Å². The first kappa shape index (κ1) is 19.2. The Morgan fingerprint density at radius 2 is 1.77 bits per heavy atom. The van der Waals surface area contributed by atoms with Gasteiger partial charge in [-0.05, 0) is 32.2 Å². The molecule has 1 aliphatic rings. The molecule has 130 valence electrons. The summed E-state index contributed by atoms with van der Waals surface area (Å²) < 4.78 is 0. The number of guanidine groups is 1. The van der Waals surface area contributed by atoms with Crippen LogP contribution >= 0.6 is 0 Å². The highest BCUT2D eigenvalue weighted by molar-refractivity contribution is 5.79. The first-order valence-electron chi connectivity index (χ1n) is 8.97. The third kappa shape index (κ3) is 7.45. The van der Waals surface area contributed by atoms with Crippen molar-refractivity contribution in [3.63, 3.8) is 0 Å². The molecule has 0 saturated carbocycles. The predicted molar refractivity (Wildman–Crippen MR) is 96.6 cm³/mol. The number of likely N-dealkylation sites (N-methyl/N-ethyl adjacent to an activating group) is 1. The largest absolute Gasteiger partial charge is 0.356 e. The number of hydrogen-bond acceptors (Lipinski definition) is 3.